The summed E-state index contributed by atoms with van der Waals surface area (Å²) in [6.07, 6.45) is -0.825. The lowest BCUT2D eigenvalue weighted by Gasteiger charge is -2.14. The molecule has 5 heteroatoms. The van der Waals surface area contributed by atoms with Crippen molar-refractivity contribution in [2.24, 2.45) is 0 Å². The fraction of sp³-hybridized carbons (Fsp3) is 0.188. The van der Waals surface area contributed by atoms with E-state index in [1.165, 1.54) is 0 Å². The zero-order chi connectivity index (χ0) is 14.8. The van der Waals surface area contributed by atoms with E-state index in [1.807, 2.05) is 0 Å². The Morgan fingerprint density at radius 2 is 2.10 bits per heavy atom. The average molecular weight is 305 g/mol. The van der Waals surface area contributed by atoms with E-state index in [0.717, 1.165) is 0 Å². The molecule has 1 N–H and O–H groups in total. The molecule has 2 aromatic rings. The fourth-order valence-electron chi connectivity index (χ4n) is 2.17. The molecular weight excluding hydrogens is 292 g/mol. The van der Waals surface area contributed by atoms with E-state index in [9.17, 15) is 9.90 Å². The Hall–Kier alpha value is -2.04. The lowest BCUT2D eigenvalue weighted by Crippen LogP contribution is -2.10. The first-order chi connectivity index (χ1) is 10.1. The van der Waals surface area contributed by atoms with Crippen LogP contribution in [0.25, 0.3) is 0 Å². The molecule has 0 aromatic heterocycles. The van der Waals surface area contributed by atoms with Gasteiger partial charge in [-0.1, -0.05) is 29.8 Å². The number of halogens is 1. The van der Waals surface area contributed by atoms with Crippen LogP contribution in [0.15, 0.2) is 42.5 Å². The first-order valence-corrected chi connectivity index (χ1v) is 6.88. The first-order valence-electron chi connectivity index (χ1n) is 6.50. The van der Waals surface area contributed by atoms with Gasteiger partial charge < -0.3 is 14.6 Å². The number of ketones is 1. The summed E-state index contributed by atoms with van der Waals surface area (Å²) in [5.74, 6) is 1.02. The Labute approximate surface area is 126 Å². The van der Waals surface area contributed by atoms with Gasteiger partial charge in [-0.15, -0.1) is 0 Å². The summed E-state index contributed by atoms with van der Waals surface area (Å²) >= 11 is 6.02. The molecule has 1 aliphatic rings. The van der Waals surface area contributed by atoms with Gasteiger partial charge in [-0.05, 0) is 18.2 Å². The standard InChI is InChI=1S/C16H13ClO4/c17-13-4-2-1-3-11(13)14(18)8-20-10-5-6-12-15(19)9-21-16(12)7-10/h1-7,14,18H,8-9H2/t14-/m0/s1. The zero-order valence-corrected chi connectivity index (χ0v) is 11.8. The summed E-state index contributed by atoms with van der Waals surface area (Å²) in [5, 5.41) is 10.6. The second-order valence-electron chi connectivity index (χ2n) is 4.72. The third-order valence-corrected chi connectivity index (χ3v) is 3.63. The highest BCUT2D eigenvalue weighted by molar-refractivity contribution is 6.31. The van der Waals surface area contributed by atoms with Gasteiger partial charge >= 0.3 is 0 Å². The van der Waals surface area contributed by atoms with Crippen LogP contribution in [0.3, 0.4) is 0 Å². The minimum atomic E-state index is -0.825. The van der Waals surface area contributed by atoms with Gasteiger partial charge in [-0.2, -0.15) is 0 Å². The molecule has 1 atom stereocenters. The summed E-state index contributed by atoms with van der Waals surface area (Å²) in [7, 11) is 0. The van der Waals surface area contributed by atoms with Gasteiger partial charge in [0.15, 0.2) is 6.61 Å². The Morgan fingerprint density at radius 3 is 2.90 bits per heavy atom. The monoisotopic (exact) mass is 304 g/mol. The van der Waals surface area contributed by atoms with Crippen LogP contribution in [-0.4, -0.2) is 24.1 Å². The molecule has 1 aliphatic heterocycles. The Balaban J connectivity index is 1.68. The predicted octanol–water partition coefficient (Wildman–Crippen LogP) is 3.03. The second-order valence-corrected chi connectivity index (χ2v) is 5.13. The van der Waals surface area contributed by atoms with Crippen LogP contribution in [0.2, 0.25) is 5.02 Å². The number of benzene rings is 2. The average Bonchev–Trinajstić information content (AvgIpc) is 2.86. The smallest absolute Gasteiger partial charge is 0.203 e. The predicted molar refractivity (Wildman–Crippen MR) is 78.2 cm³/mol. The number of ether oxygens (including phenoxy) is 2. The molecule has 108 valence electrons. The van der Waals surface area contributed by atoms with Crippen LogP contribution in [0, 0.1) is 0 Å². The highest BCUT2D eigenvalue weighted by Gasteiger charge is 2.21. The van der Waals surface area contributed by atoms with Crippen molar-refractivity contribution in [2.75, 3.05) is 13.2 Å². The molecule has 0 saturated carbocycles. The maximum Gasteiger partial charge on any atom is 0.203 e. The van der Waals surface area contributed by atoms with Crippen LogP contribution in [0.5, 0.6) is 11.5 Å². The van der Waals surface area contributed by atoms with Crippen molar-refractivity contribution >= 4 is 17.4 Å². The highest BCUT2D eigenvalue weighted by atomic mass is 35.5. The molecule has 1 heterocycles. The number of carbonyl (C=O) groups is 1. The van der Waals surface area contributed by atoms with Crippen molar-refractivity contribution in [3.8, 4) is 11.5 Å². The number of hydrogen-bond donors (Lipinski definition) is 1. The Morgan fingerprint density at radius 1 is 1.29 bits per heavy atom. The molecule has 3 rings (SSSR count). The van der Waals surface area contributed by atoms with Crippen molar-refractivity contribution in [2.45, 2.75) is 6.10 Å². The number of aliphatic hydroxyl groups is 1. The van der Waals surface area contributed by atoms with E-state index in [1.54, 1.807) is 42.5 Å². The lowest BCUT2D eigenvalue weighted by molar-refractivity contribution is 0.0961. The SMILES string of the molecule is O=C1COc2cc(OC[C@H](O)c3ccccc3Cl)ccc21. The van der Waals surface area contributed by atoms with E-state index in [-0.39, 0.29) is 19.0 Å². The molecule has 0 unspecified atom stereocenters. The molecule has 0 aliphatic carbocycles. The van der Waals surface area contributed by atoms with Gasteiger partial charge in [0.1, 0.15) is 24.2 Å². The summed E-state index contributed by atoms with van der Waals surface area (Å²) in [5.41, 5.74) is 1.18. The van der Waals surface area contributed by atoms with Crippen molar-refractivity contribution in [3.05, 3.63) is 58.6 Å². The quantitative estimate of drug-likeness (QED) is 0.943. The van der Waals surface area contributed by atoms with Crippen LogP contribution in [-0.2, 0) is 0 Å². The van der Waals surface area contributed by atoms with Gasteiger partial charge in [0.05, 0.1) is 5.56 Å². The number of Topliss-reactive ketones (excluding diaryl/α,β-unsaturated/α-hetero) is 1. The largest absolute Gasteiger partial charge is 0.490 e. The Kier molecular flexibility index (Phi) is 3.82. The zero-order valence-electron chi connectivity index (χ0n) is 11.1. The molecular formula is C16H13ClO4. The Bertz CT molecular complexity index is 684. The van der Waals surface area contributed by atoms with Crippen LogP contribution < -0.4 is 9.47 Å². The number of rotatable bonds is 4. The number of carbonyl (C=O) groups excluding carboxylic acids is 1. The fourth-order valence-corrected chi connectivity index (χ4v) is 2.44. The van der Waals surface area contributed by atoms with Crippen LogP contribution in [0.4, 0.5) is 0 Å². The molecule has 4 nitrogen and oxygen atoms in total. The van der Waals surface area contributed by atoms with Gasteiger partial charge in [-0.3, -0.25) is 4.79 Å². The van der Waals surface area contributed by atoms with Crippen LogP contribution >= 0.6 is 11.6 Å². The van der Waals surface area contributed by atoms with Gasteiger partial charge in [0, 0.05) is 16.7 Å². The van der Waals surface area contributed by atoms with E-state index in [0.29, 0.717) is 27.6 Å². The van der Waals surface area contributed by atoms with Crippen molar-refractivity contribution < 1.29 is 19.4 Å². The van der Waals surface area contributed by atoms with E-state index >= 15 is 0 Å². The molecule has 0 spiro atoms. The maximum atomic E-state index is 11.4. The van der Waals surface area contributed by atoms with Crippen molar-refractivity contribution in [1.29, 1.82) is 0 Å². The molecule has 0 saturated heterocycles. The molecule has 21 heavy (non-hydrogen) atoms. The summed E-state index contributed by atoms with van der Waals surface area (Å²) in [6, 6.07) is 12.1. The van der Waals surface area contributed by atoms with E-state index in [4.69, 9.17) is 21.1 Å². The highest BCUT2D eigenvalue weighted by Crippen LogP contribution is 2.30. The maximum absolute atomic E-state index is 11.4. The lowest BCUT2D eigenvalue weighted by atomic mass is 10.1. The number of aliphatic hydroxyl groups excluding tert-OH is 1. The van der Waals surface area contributed by atoms with Gasteiger partial charge in [0.2, 0.25) is 5.78 Å². The summed E-state index contributed by atoms with van der Waals surface area (Å²) in [6.45, 7) is 0.136. The molecule has 0 bridgehead atoms. The van der Waals surface area contributed by atoms with Crippen molar-refractivity contribution in [1.82, 2.24) is 0 Å². The minimum absolute atomic E-state index is 0.0346. The topological polar surface area (TPSA) is 55.8 Å². The first kappa shape index (κ1) is 13.9. The summed E-state index contributed by atoms with van der Waals surface area (Å²) in [4.78, 5) is 11.4. The molecule has 0 radical (unpaired) electrons. The third-order valence-electron chi connectivity index (χ3n) is 3.28. The van der Waals surface area contributed by atoms with Crippen LogP contribution in [0.1, 0.15) is 22.0 Å². The van der Waals surface area contributed by atoms with E-state index in [2.05, 4.69) is 0 Å². The third kappa shape index (κ3) is 2.86. The minimum Gasteiger partial charge on any atom is -0.490 e. The number of hydrogen-bond acceptors (Lipinski definition) is 4. The summed E-state index contributed by atoms with van der Waals surface area (Å²) < 4.78 is 10.8. The molecule has 0 amide bonds. The van der Waals surface area contributed by atoms with Crippen molar-refractivity contribution in [3.63, 3.8) is 0 Å². The van der Waals surface area contributed by atoms with Gasteiger partial charge in [0.25, 0.3) is 0 Å². The second kappa shape index (κ2) is 5.76. The molecule has 0 fully saturated rings. The normalized spacial score (nSPS) is 14.5. The van der Waals surface area contributed by atoms with Gasteiger partial charge in [-0.25, -0.2) is 0 Å². The molecule has 2 aromatic carbocycles. The van der Waals surface area contributed by atoms with E-state index < -0.39 is 6.10 Å². The number of fused-ring (bicyclic) bond motifs is 1.